The summed E-state index contributed by atoms with van der Waals surface area (Å²) in [6.45, 7) is 9.57. The molecule has 3 heterocycles. The number of pyridine rings is 1. The summed E-state index contributed by atoms with van der Waals surface area (Å²) in [6.07, 6.45) is 4.29. The van der Waals surface area contributed by atoms with E-state index in [0.717, 1.165) is 67.7 Å². The van der Waals surface area contributed by atoms with Crippen molar-refractivity contribution in [2.45, 2.75) is 39.3 Å². The number of carbonyl (C=O) groups excluding carboxylic acids is 1. The van der Waals surface area contributed by atoms with Gasteiger partial charge in [0.1, 0.15) is 5.69 Å². The number of benzene rings is 1. The summed E-state index contributed by atoms with van der Waals surface area (Å²) >= 11 is 0. The number of hydrogen-bond acceptors (Lipinski definition) is 4. The van der Waals surface area contributed by atoms with Gasteiger partial charge in [0, 0.05) is 49.8 Å². The van der Waals surface area contributed by atoms with Gasteiger partial charge in [-0.3, -0.25) is 14.7 Å². The smallest absolute Gasteiger partial charge is 0.268 e. The van der Waals surface area contributed by atoms with E-state index >= 15 is 0 Å². The highest BCUT2D eigenvalue weighted by molar-refractivity contribution is 5.98. The van der Waals surface area contributed by atoms with E-state index in [1.807, 2.05) is 24.4 Å². The molecule has 1 saturated carbocycles. The number of carbonyl (C=O) groups is 1. The third-order valence-corrected chi connectivity index (χ3v) is 6.96. The number of amides is 1. The number of rotatable bonds is 6. The van der Waals surface area contributed by atoms with Gasteiger partial charge in [-0.25, -0.2) is 0 Å². The molecule has 1 aliphatic heterocycles. The summed E-state index contributed by atoms with van der Waals surface area (Å²) in [6, 6.07) is 10.3. The summed E-state index contributed by atoms with van der Waals surface area (Å²) in [4.78, 5) is 26.2. The number of piperazine rings is 1. The first-order valence-electron chi connectivity index (χ1n) is 11.7. The molecule has 0 bridgehead atoms. The predicted molar refractivity (Wildman–Crippen MR) is 128 cm³/mol. The first-order valence-corrected chi connectivity index (χ1v) is 11.7. The van der Waals surface area contributed by atoms with E-state index in [4.69, 9.17) is 4.98 Å². The van der Waals surface area contributed by atoms with E-state index in [0.29, 0.717) is 11.6 Å². The molecule has 1 aromatic carbocycles. The minimum Gasteiger partial charge on any atom is -0.350 e. The number of aryl methyl sites for hydroxylation is 2. The Bertz CT molecular complexity index is 1120. The maximum absolute atomic E-state index is 13.1. The summed E-state index contributed by atoms with van der Waals surface area (Å²) in [7, 11) is 2.18. The van der Waals surface area contributed by atoms with E-state index in [1.165, 1.54) is 11.1 Å². The predicted octanol–water partition coefficient (Wildman–Crippen LogP) is 3.81. The Hall–Kier alpha value is -2.70. The fraction of sp³-hybridized carbons (Fsp3) is 0.462. The Labute approximate surface area is 190 Å². The van der Waals surface area contributed by atoms with Crippen LogP contribution in [-0.2, 0) is 6.54 Å². The molecule has 1 unspecified atom stereocenters. The van der Waals surface area contributed by atoms with Crippen molar-refractivity contribution in [1.29, 1.82) is 0 Å². The van der Waals surface area contributed by atoms with Crippen LogP contribution in [0.2, 0.25) is 0 Å². The molecule has 6 heteroatoms. The Morgan fingerprint density at radius 3 is 2.62 bits per heavy atom. The van der Waals surface area contributed by atoms with Crippen LogP contribution in [0, 0.1) is 19.8 Å². The Morgan fingerprint density at radius 1 is 1.16 bits per heavy atom. The second kappa shape index (κ2) is 8.68. The fourth-order valence-corrected chi connectivity index (χ4v) is 4.81. The van der Waals surface area contributed by atoms with E-state index in [2.05, 4.69) is 53.1 Å². The average Bonchev–Trinajstić information content (AvgIpc) is 3.52. The first kappa shape index (κ1) is 21.2. The van der Waals surface area contributed by atoms with Gasteiger partial charge in [-0.1, -0.05) is 24.3 Å². The van der Waals surface area contributed by atoms with Crippen LogP contribution >= 0.6 is 0 Å². The van der Waals surface area contributed by atoms with Crippen molar-refractivity contribution < 1.29 is 4.79 Å². The summed E-state index contributed by atoms with van der Waals surface area (Å²) in [5, 5.41) is 4.36. The summed E-state index contributed by atoms with van der Waals surface area (Å²) < 4.78 is 0. The van der Waals surface area contributed by atoms with Crippen LogP contribution in [0.15, 0.2) is 36.5 Å². The molecule has 0 radical (unpaired) electrons. The average molecular weight is 432 g/mol. The van der Waals surface area contributed by atoms with Crippen LogP contribution in [0.1, 0.15) is 51.8 Å². The molecular formula is C26H33N5O. The molecule has 1 amide bonds. The first-order chi connectivity index (χ1) is 15.5. The maximum Gasteiger partial charge on any atom is 0.268 e. The van der Waals surface area contributed by atoms with Gasteiger partial charge in [-0.05, 0) is 62.4 Å². The molecule has 2 aliphatic rings. The SMILES string of the molecule is Cc1cc(CN2CCN(C)CC2)cnc1C(NC(=O)c1cc2cccc(C)c2[nH]1)C1CC1. The lowest BCUT2D eigenvalue weighted by atomic mass is 10.0. The van der Waals surface area contributed by atoms with Crippen LogP contribution in [-0.4, -0.2) is 58.9 Å². The molecule has 1 aliphatic carbocycles. The van der Waals surface area contributed by atoms with Crippen LogP contribution < -0.4 is 5.32 Å². The molecule has 5 rings (SSSR count). The number of fused-ring (bicyclic) bond motifs is 1. The van der Waals surface area contributed by atoms with Crippen molar-refractivity contribution >= 4 is 16.8 Å². The Kier molecular flexibility index (Phi) is 5.74. The van der Waals surface area contributed by atoms with Crippen molar-refractivity contribution in [1.82, 2.24) is 25.1 Å². The highest BCUT2D eigenvalue weighted by atomic mass is 16.2. The van der Waals surface area contributed by atoms with Crippen molar-refractivity contribution in [3.05, 3.63) is 64.6 Å². The number of aromatic nitrogens is 2. The fourth-order valence-electron chi connectivity index (χ4n) is 4.81. The zero-order valence-corrected chi connectivity index (χ0v) is 19.3. The van der Waals surface area contributed by atoms with E-state index < -0.39 is 0 Å². The molecule has 2 N–H and O–H groups in total. The molecule has 2 fully saturated rings. The quantitative estimate of drug-likeness (QED) is 0.623. The lowest BCUT2D eigenvalue weighted by molar-refractivity contribution is 0.0926. The number of likely N-dealkylation sites (N-methyl/N-ethyl adjacent to an activating group) is 1. The standard InChI is InChI=1S/C26H33N5O/c1-17-5-4-6-21-14-22(28-23(17)21)26(32)29-25(20-7-8-20)24-18(2)13-19(15-27-24)16-31-11-9-30(3)10-12-31/h4-6,13-15,20,25,28H,7-12,16H2,1-3H3,(H,29,32). The lowest BCUT2D eigenvalue weighted by Crippen LogP contribution is -2.43. The summed E-state index contributed by atoms with van der Waals surface area (Å²) in [5.41, 5.74) is 6.22. The molecule has 32 heavy (non-hydrogen) atoms. The highest BCUT2D eigenvalue weighted by Gasteiger charge is 2.35. The molecule has 0 spiro atoms. The largest absolute Gasteiger partial charge is 0.350 e. The van der Waals surface area contributed by atoms with Crippen LogP contribution in [0.25, 0.3) is 10.9 Å². The van der Waals surface area contributed by atoms with E-state index in [-0.39, 0.29) is 11.9 Å². The zero-order chi connectivity index (χ0) is 22.2. The molecule has 6 nitrogen and oxygen atoms in total. The maximum atomic E-state index is 13.1. The Morgan fingerprint density at radius 2 is 1.94 bits per heavy atom. The van der Waals surface area contributed by atoms with Crippen LogP contribution in [0.5, 0.6) is 0 Å². The number of aromatic amines is 1. The molecule has 168 valence electrons. The van der Waals surface area contributed by atoms with Gasteiger partial charge in [0.2, 0.25) is 0 Å². The van der Waals surface area contributed by atoms with Gasteiger partial charge in [0.25, 0.3) is 5.91 Å². The van der Waals surface area contributed by atoms with E-state index in [1.54, 1.807) is 0 Å². The molecule has 1 saturated heterocycles. The van der Waals surface area contributed by atoms with Crippen molar-refractivity contribution in [2.75, 3.05) is 33.2 Å². The molecule has 1 atom stereocenters. The van der Waals surface area contributed by atoms with Crippen molar-refractivity contribution in [2.24, 2.45) is 5.92 Å². The third-order valence-electron chi connectivity index (χ3n) is 6.96. The van der Waals surface area contributed by atoms with Crippen molar-refractivity contribution in [3.8, 4) is 0 Å². The van der Waals surface area contributed by atoms with E-state index in [9.17, 15) is 4.79 Å². The van der Waals surface area contributed by atoms with Gasteiger partial charge < -0.3 is 15.2 Å². The molecular weight excluding hydrogens is 398 g/mol. The Balaban J connectivity index is 1.32. The van der Waals surface area contributed by atoms with Gasteiger partial charge in [-0.15, -0.1) is 0 Å². The zero-order valence-electron chi connectivity index (χ0n) is 19.3. The lowest BCUT2D eigenvalue weighted by Gasteiger charge is -2.32. The number of H-pyrrole nitrogens is 1. The van der Waals surface area contributed by atoms with Crippen LogP contribution in [0.4, 0.5) is 0 Å². The monoisotopic (exact) mass is 431 g/mol. The van der Waals surface area contributed by atoms with Gasteiger partial charge in [-0.2, -0.15) is 0 Å². The van der Waals surface area contributed by atoms with Crippen molar-refractivity contribution in [3.63, 3.8) is 0 Å². The van der Waals surface area contributed by atoms with Gasteiger partial charge in [0.05, 0.1) is 11.7 Å². The minimum absolute atomic E-state index is 0.0345. The van der Waals surface area contributed by atoms with Gasteiger partial charge in [0.15, 0.2) is 0 Å². The molecule has 3 aromatic rings. The molecule has 2 aromatic heterocycles. The second-order valence-corrected chi connectivity index (χ2v) is 9.64. The normalized spacial score (nSPS) is 18.7. The van der Waals surface area contributed by atoms with Crippen LogP contribution in [0.3, 0.4) is 0 Å². The number of para-hydroxylation sites is 1. The third kappa shape index (κ3) is 4.43. The number of nitrogens with one attached hydrogen (secondary N) is 2. The summed E-state index contributed by atoms with van der Waals surface area (Å²) in [5.74, 6) is 0.417. The second-order valence-electron chi connectivity index (χ2n) is 9.64. The number of hydrogen-bond donors (Lipinski definition) is 2. The number of nitrogens with zero attached hydrogens (tertiary/aromatic N) is 3. The van der Waals surface area contributed by atoms with Gasteiger partial charge >= 0.3 is 0 Å². The minimum atomic E-state index is -0.0554. The topological polar surface area (TPSA) is 64.3 Å². The highest BCUT2D eigenvalue weighted by Crippen LogP contribution is 2.41.